The zero-order valence-corrected chi connectivity index (χ0v) is 16.5. The average molecular weight is 417 g/mol. The molecule has 3 aromatic rings. The molecule has 1 heterocycles. The van der Waals surface area contributed by atoms with E-state index in [0.717, 1.165) is 11.1 Å². The minimum absolute atomic E-state index is 0.0270. The van der Waals surface area contributed by atoms with Crippen LogP contribution in [0, 0.1) is 0 Å². The Hall–Kier alpha value is -2.59. The summed E-state index contributed by atoms with van der Waals surface area (Å²) in [6.07, 6.45) is 0.645. The fraction of sp³-hybridized carbons (Fsp3) is 0.158. The van der Waals surface area contributed by atoms with E-state index >= 15 is 0 Å². The van der Waals surface area contributed by atoms with Gasteiger partial charge in [-0.1, -0.05) is 42.5 Å². The Bertz CT molecular complexity index is 1050. The highest BCUT2D eigenvalue weighted by atomic mass is 32.2. The second-order valence-electron chi connectivity index (χ2n) is 6.24. The number of benzene rings is 2. The molecule has 146 valence electrons. The van der Waals surface area contributed by atoms with E-state index in [1.165, 1.54) is 23.5 Å². The Morgan fingerprint density at radius 3 is 2.39 bits per heavy atom. The third-order valence-corrected chi connectivity index (χ3v) is 5.98. The first-order valence-electron chi connectivity index (χ1n) is 8.48. The van der Waals surface area contributed by atoms with Crippen molar-refractivity contribution in [2.24, 2.45) is 10.9 Å². The molecule has 28 heavy (non-hydrogen) atoms. The molecular formula is C19H20N4O3S2. The Labute approximate surface area is 167 Å². The molecule has 0 bridgehead atoms. The number of primary sulfonamides is 1. The van der Waals surface area contributed by atoms with E-state index in [-0.39, 0.29) is 23.4 Å². The summed E-state index contributed by atoms with van der Waals surface area (Å²) < 4.78 is 22.5. The number of hydrogen-bond donors (Lipinski definition) is 3. The lowest BCUT2D eigenvalue weighted by atomic mass is 10.1. The number of carbonyl (C=O) groups excluding carboxylic acids is 1. The SMILES string of the molecule is NC(Cc1ccccc1)c1nc(C(=O)NCc2ccc(S(N)(=O)=O)cc2)cs1. The normalized spacial score (nSPS) is 12.5. The highest BCUT2D eigenvalue weighted by Crippen LogP contribution is 2.20. The van der Waals surface area contributed by atoms with Gasteiger partial charge < -0.3 is 11.1 Å². The van der Waals surface area contributed by atoms with Crippen LogP contribution in [0.15, 0.2) is 64.9 Å². The van der Waals surface area contributed by atoms with Gasteiger partial charge in [-0.05, 0) is 29.7 Å². The molecule has 1 amide bonds. The smallest absolute Gasteiger partial charge is 0.271 e. The molecule has 7 nitrogen and oxygen atoms in total. The van der Waals surface area contributed by atoms with Crippen molar-refractivity contribution in [1.29, 1.82) is 0 Å². The monoisotopic (exact) mass is 416 g/mol. The maximum atomic E-state index is 12.3. The third kappa shape index (κ3) is 5.23. The van der Waals surface area contributed by atoms with Gasteiger partial charge in [0.1, 0.15) is 10.7 Å². The van der Waals surface area contributed by atoms with Gasteiger partial charge in [0.05, 0.1) is 10.9 Å². The summed E-state index contributed by atoms with van der Waals surface area (Å²) in [6.45, 7) is 0.243. The molecule has 0 saturated carbocycles. The molecule has 9 heteroatoms. The van der Waals surface area contributed by atoms with E-state index in [9.17, 15) is 13.2 Å². The lowest BCUT2D eigenvalue weighted by molar-refractivity contribution is 0.0946. The molecule has 0 aliphatic carbocycles. The molecule has 2 aromatic carbocycles. The van der Waals surface area contributed by atoms with Gasteiger partial charge in [0.2, 0.25) is 10.0 Å². The van der Waals surface area contributed by atoms with Crippen molar-refractivity contribution in [2.75, 3.05) is 0 Å². The number of carbonyl (C=O) groups is 1. The average Bonchev–Trinajstić information content (AvgIpc) is 3.17. The number of amides is 1. The molecule has 1 aromatic heterocycles. The van der Waals surface area contributed by atoms with E-state index in [0.29, 0.717) is 17.1 Å². The highest BCUT2D eigenvalue weighted by Gasteiger charge is 2.16. The van der Waals surface area contributed by atoms with Crippen molar-refractivity contribution in [1.82, 2.24) is 10.3 Å². The summed E-state index contributed by atoms with van der Waals surface area (Å²) in [5, 5.41) is 10.2. The van der Waals surface area contributed by atoms with E-state index in [2.05, 4.69) is 10.3 Å². The first-order chi connectivity index (χ1) is 13.3. The van der Waals surface area contributed by atoms with Gasteiger partial charge in [-0.2, -0.15) is 0 Å². The summed E-state index contributed by atoms with van der Waals surface area (Å²) >= 11 is 1.35. The number of thiazole rings is 1. The van der Waals surface area contributed by atoms with Crippen molar-refractivity contribution in [3.05, 3.63) is 81.8 Å². The molecule has 3 rings (SSSR count). The Morgan fingerprint density at radius 1 is 1.07 bits per heavy atom. The molecule has 5 N–H and O–H groups in total. The predicted molar refractivity (Wildman–Crippen MR) is 108 cm³/mol. The molecule has 0 spiro atoms. The molecule has 0 aliphatic rings. The van der Waals surface area contributed by atoms with Gasteiger partial charge in [-0.3, -0.25) is 4.79 Å². The van der Waals surface area contributed by atoms with E-state index in [1.807, 2.05) is 30.3 Å². The number of rotatable bonds is 7. The number of nitrogens with two attached hydrogens (primary N) is 2. The van der Waals surface area contributed by atoms with Crippen LogP contribution < -0.4 is 16.2 Å². The Morgan fingerprint density at radius 2 is 1.75 bits per heavy atom. The maximum absolute atomic E-state index is 12.3. The van der Waals surface area contributed by atoms with Gasteiger partial charge in [-0.25, -0.2) is 18.5 Å². The van der Waals surface area contributed by atoms with Crippen LogP contribution in [-0.2, 0) is 23.0 Å². The molecule has 1 unspecified atom stereocenters. The molecular weight excluding hydrogens is 396 g/mol. The van der Waals surface area contributed by atoms with Crippen molar-refractivity contribution in [2.45, 2.75) is 23.9 Å². The summed E-state index contributed by atoms with van der Waals surface area (Å²) in [4.78, 5) is 16.7. The van der Waals surface area contributed by atoms with E-state index < -0.39 is 10.0 Å². The summed E-state index contributed by atoms with van der Waals surface area (Å²) in [5.41, 5.74) is 8.38. The molecule has 1 atom stereocenters. The molecule has 0 fully saturated rings. The fourth-order valence-electron chi connectivity index (χ4n) is 2.59. The Balaban J connectivity index is 1.58. The topological polar surface area (TPSA) is 128 Å². The van der Waals surface area contributed by atoms with Crippen LogP contribution in [-0.4, -0.2) is 19.3 Å². The van der Waals surface area contributed by atoms with Crippen LogP contribution in [0.1, 0.15) is 32.7 Å². The first kappa shape index (κ1) is 20.2. The fourth-order valence-corrected chi connectivity index (χ4v) is 3.90. The van der Waals surface area contributed by atoms with Crippen LogP contribution >= 0.6 is 11.3 Å². The quantitative estimate of drug-likeness (QED) is 0.542. The van der Waals surface area contributed by atoms with Gasteiger partial charge in [0, 0.05) is 11.9 Å². The third-order valence-electron chi connectivity index (χ3n) is 4.08. The zero-order chi connectivity index (χ0) is 20.1. The largest absolute Gasteiger partial charge is 0.347 e. The minimum atomic E-state index is -3.73. The standard InChI is InChI=1S/C19H20N4O3S2/c20-16(10-13-4-2-1-3-5-13)19-23-17(12-27-19)18(24)22-11-14-6-8-15(9-7-14)28(21,25)26/h1-9,12,16H,10-11,20H2,(H,22,24)(H2,21,25,26). The van der Waals surface area contributed by atoms with Crippen molar-refractivity contribution >= 4 is 27.3 Å². The van der Waals surface area contributed by atoms with Crippen LogP contribution in [0.5, 0.6) is 0 Å². The van der Waals surface area contributed by atoms with Gasteiger partial charge in [0.25, 0.3) is 5.91 Å². The molecule has 0 saturated heterocycles. The van der Waals surface area contributed by atoms with Crippen molar-refractivity contribution in [3.63, 3.8) is 0 Å². The number of aromatic nitrogens is 1. The van der Waals surface area contributed by atoms with E-state index in [4.69, 9.17) is 10.9 Å². The van der Waals surface area contributed by atoms with Crippen LogP contribution in [0.25, 0.3) is 0 Å². The van der Waals surface area contributed by atoms with Crippen molar-refractivity contribution in [3.8, 4) is 0 Å². The van der Waals surface area contributed by atoms with Crippen LogP contribution in [0.4, 0.5) is 0 Å². The summed E-state index contributed by atoms with van der Waals surface area (Å²) in [5.74, 6) is -0.315. The second-order valence-corrected chi connectivity index (χ2v) is 8.69. The van der Waals surface area contributed by atoms with E-state index in [1.54, 1.807) is 17.5 Å². The maximum Gasteiger partial charge on any atom is 0.271 e. The zero-order valence-electron chi connectivity index (χ0n) is 14.9. The van der Waals surface area contributed by atoms with Crippen molar-refractivity contribution < 1.29 is 13.2 Å². The number of nitrogens with zero attached hydrogens (tertiary/aromatic N) is 1. The second kappa shape index (κ2) is 8.61. The van der Waals surface area contributed by atoms with Gasteiger partial charge in [0.15, 0.2) is 0 Å². The summed E-state index contributed by atoms with van der Waals surface area (Å²) in [7, 11) is -3.73. The van der Waals surface area contributed by atoms with Crippen LogP contribution in [0.3, 0.4) is 0 Å². The van der Waals surface area contributed by atoms with Gasteiger partial charge in [-0.15, -0.1) is 11.3 Å². The number of nitrogens with one attached hydrogen (secondary N) is 1. The highest BCUT2D eigenvalue weighted by molar-refractivity contribution is 7.89. The first-order valence-corrected chi connectivity index (χ1v) is 10.9. The Kier molecular flexibility index (Phi) is 6.20. The summed E-state index contributed by atoms with van der Waals surface area (Å²) in [6, 6.07) is 15.6. The predicted octanol–water partition coefficient (Wildman–Crippen LogP) is 1.96. The minimum Gasteiger partial charge on any atom is -0.347 e. The number of hydrogen-bond acceptors (Lipinski definition) is 6. The lowest BCUT2D eigenvalue weighted by Gasteiger charge is -2.08. The van der Waals surface area contributed by atoms with Gasteiger partial charge >= 0.3 is 0 Å². The number of sulfonamides is 1. The van der Waals surface area contributed by atoms with Crippen LogP contribution in [0.2, 0.25) is 0 Å². The molecule has 0 aliphatic heterocycles. The molecule has 0 radical (unpaired) electrons. The lowest BCUT2D eigenvalue weighted by Crippen LogP contribution is -2.23.